The van der Waals surface area contributed by atoms with E-state index >= 15 is 0 Å². The van der Waals surface area contributed by atoms with Crippen LogP contribution in [0.5, 0.6) is 0 Å². The number of benzene rings is 2. The van der Waals surface area contributed by atoms with Gasteiger partial charge in [-0.15, -0.1) is 12.4 Å². The van der Waals surface area contributed by atoms with E-state index in [-0.39, 0.29) is 36.1 Å². The molecular weight excluding hydrogens is 790 g/mol. The molecule has 10 atom stereocenters. The molecule has 16 heteroatoms. The number of nitrogens with one attached hydrogen (secondary N) is 5. The van der Waals surface area contributed by atoms with Gasteiger partial charge in [-0.05, 0) is 129 Å². The van der Waals surface area contributed by atoms with Gasteiger partial charge in [-0.1, -0.05) is 36.4 Å². The van der Waals surface area contributed by atoms with Crippen LogP contribution in [-0.4, -0.2) is 112 Å². The molecule has 6 aliphatic carbocycles. The van der Waals surface area contributed by atoms with E-state index in [4.69, 9.17) is 9.47 Å². The number of hydrogen-bond acceptors (Lipinski definition) is 10. The third-order valence-corrected chi connectivity index (χ3v) is 12.7. The van der Waals surface area contributed by atoms with Crippen LogP contribution in [0, 0.1) is 47.3 Å². The van der Waals surface area contributed by atoms with Crippen molar-refractivity contribution in [3.8, 4) is 0 Å². The Morgan fingerprint density at radius 2 is 0.933 bits per heavy atom. The summed E-state index contributed by atoms with van der Waals surface area (Å²) >= 11 is 0. The van der Waals surface area contributed by atoms with Crippen LogP contribution >= 0.6 is 12.4 Å². The highest BCUT2D eigenvalue weighted by Crippen LogP contribution is 2.52. The summed E-state index contributed by atoms with van der Waals surface area (Å²) in [5.41, 5.74) is 1.12. The molecule has 6 aliphatic rings. The minimum absolute atomic E-state index is 0. The minimum Gasteiger partial charge on any atom is -0.446 e. The van der Waals surface area contributed by atoms with Gasteiger partial charge in [-0.2, -0.15) is 0 Å². The molecule has 328 valence electrons. The molecule has 8 rings (SSSR count). The van der Waals surface area contributed by atoms with Crippen LogP contribution < -0.4 is 26.6 Å². The fourth-order valence-electron chi connectivity index (χ4n) is 10.1. The zero-order valence-corrected chi connectivity index (χ0v) is 35.9. The van der Waals surface area contributed by atoms with E-state index in [2.05, 4.69) is 26.6 Å². The van der Waals surface area contributed by atoms with Gasteiger partial charge >= 0.3 is 12.2 Å². The Hall–Kier alpha value is -4.73. The van der Waals surface area contributed by atoms with Crippen molar-refractivity contribution < 1.29 is 38.2 Å². The first kappa shape index (κ1) is 46.3. The van der Waals surface area contributed by atoms with Gasteiger partial charge in [-0.3, -0.25) is 35.1 Å². The van der Waals surface area contributed by atoms with Gasteiger partial charge in [0.1, 0.15) is 12.2 Å². The zero-order valence-electron chi connectivity index (χ0n) is 35.1. The predicted molar refractivity (Wildman–Crippen MR) is 229 cm³/mol. The molecule has 60 heavy (non-hydrogen) atoms. The first-order valence-corrected chi connectivity index (χ1v) is 21.1. The largest absolute Gasteiger partial charge is 0.446 e. The van der Waals surface area contributed by atoms with Gasteiger partial charge in [0.05, 0.1) is 23.7 Å². The Bertz CT molecular complexity index is 1660. The van der Waals surface area contributed by atoms with Gasteiger partial charge in [-0.25, -0.2) is 9.59 Å². The highest BCUT2D eigenvalue weighted by atomic mass is 35.5. The van der Waals surface area contributed by atoms with Crippen LogP contribution in [0.3, 0.4) is 0 Å². The van der Waals surface area contributed by atoms with Crippen LogP contribution in [0.25, 0.3) is 0 Å². The molecule has 6 amide bonds. The summed E-state index contributed by atoms with van der Waals surface area (Å²) in [7, 11) is 7.83. The van der Waals surface area contributed by atoms with Crippen molar-refractivity contribution in [1.29, 1.82) is 0 Å². The Morgan fingerprint density at radius 1 is 0.550 bits per heavy atom. The molecule has 0 radical (unpaired) electrons. The van der Waals surface area contributed by atoms with Crippen molar-refractivity contribution in [1.82, 2.24) is 25.8 Å². The molecule has 5 N–H and O–H groups in total. The fourth-order valence-corrected chi connectivity index (χ4v) is 10.1. The lowest BCUT2D eigenvalue weighted by Gasteiger charge is -2.51. The molecular formula is C44H62ClN7O8. The van der Waals surface area contributed by atoms with Crippen molar-refractivity contribution in [2.24, 2.45) is 47.3 Å². The molecule has 0 aliphatic heterocycles. The van der Waals surface area contributed by atoms with Crippen molar-refractivity contribution in [2.45, 2.75) is 63.6 Å². The Morgan fingerprint density at radius 3 is 1.30 bits per heavy atom. The topological polar surface area (TPSA) is 188 Å². The van der Waals surface area contributed by atoms with Gasteiger partial charge in [0.2, 0.25) is 23.6 Å². The maximum Gasteiger partial charge on any atom is 0.411 e. The molecule has 0 saturated heterocycles. The zero-order chi connectivity index (χ0) is 42.1. The Labute approximate surface area is 359 Å². The summed E-state index contributed by atoms with van der Waals surface area (Å²) in [6, 6.07) is 17.8. The van der Waals surface area contributed by atoms with Crippen molar-refractivity contribution in [3.05, 3.63) is 60.7 Å². The smallest absolute Gasteiger partial charge is 0.411 e. The molecule has 10 unspecified atom stereocenters. The molecule has 2 aromatic rings. The molecule has 0 spiro atoms. The van der Waals surface area contributed by atoms with E-state index in [0.717, 1.165) is 25.9 Å². The van der Waals surface area contributed by atoms with Crippen molar-refractivity contribution >= 4 is 59.6 Å². The molecule has 6 saturated carbocycles. The van der Waals surface area contributed by atoms with Gasteiger partial charge < -0.3 is 29.9 Å². The lowest BCUT2D eigenvalue weighted by molar-refractivity contribution is -0.161. The van der Waals surface area contributed by atoms with Crippen LogP contribution in [0.1, 0.15) is 51.4 Å². The second-order valence-corrected chi connectivity index (χ2v) is 17.2. The quantitative estimate of drug-likeness (QED) is 0.117. The minimum atomic E-state index is -0.961. The van der Waals surface area contributed by atoms with E-state index in [0.29, 0.717) is 63.0 Å². The summed E-state index contributed by atoms with van der Waals surface area (Å²) < 4.78 is 11.9. The Kier molecular flexibility index (Phi) is 16.7. The van der Waals surface area contributed by atoms with E-state index in [1.807, 2.05) is 50.1 Å². The normalized spacial score (nSPS) is 27.6. The van der Waals surface area contributed by atoms with E-state index in [1.165, 1.54) is 0 Å². The van der Waals surface area contributed by atoms with Crippen LogP contribution in [0.4, 0.5) is 21.0 Å². The SMILES string of the molecule is CN(C)CCCNC(=O)C1C2CCC(C(OC(=O)Nc3ccccc3)C2)C1C(=O)NC(=O)C1C2CCC(CC2OC(=O)Nc2ccccc2)C1C(=O)NCCCN(C)C.Cl. The summed E-state index contributed by atoms with van der Waals surface area (Å²) in [5, 5.41) is 14.3. The third-order valence-electron chi connectivity index (χ3n) is 12.7. The molecule has 2 aromatic carbocycles. The first-order valence-electron chi connectivity index (χ1n) is 21.1. The fraction of sp³-hybridized carbons (Fsp3) is 0.591. The number of ether oxygens (including phenoxy) is 2. The molecule has 0 aromatic heterocycles. The monoisotopic (exact) mass is 851 g/mol. The lowest BCUT2D eigenvalue weighted by atomic mass is 9.56. The number of hydrogen-bond donors (Lipinski definition) is 5. The molecule has 15 nitrogen and oxygen atoms in total. The summed E-state index contributed by atoms with van der Waals surface area (Å²) in [5.74, 6) is -6.75. The molecule has 6 fully saturated rings. The maximum atomic E-state index is 14.6. The number of fused-ring (bicyclic) bond motifs is 6. The highest BCUT2D eigenvalue weighted by molar-refractivity contribution is 6.01. The second-order valence-electron chi connectivity index (χ2n) is 17.2. The third kappa shape index (κ3) is 11.8. The number of carbonyl (C=O) groups excluding carboxylic acids is 6. The average Bonchev–Trinajstić information content (AvgIpc) is 3.21. The first-order chi connectivity index (χ1) is 28.4. The van der Waals surface area contributed by atoms with Gasteiger partial charge in [0.15, 0.2) is 0 Å². The van der Waals surface area contributed by atoms with Crippen molar-refractivity contribution in [2.75, 3.05) is 65.0 Å². The van der Waals surface area contributed by atoms with Crippen molar-refractivity contribution in [3.63, 3.8) is 0 Å². The molecule has 0 heterocycles. The predicted octanol–water partition coefficient (Wildman–Crippen LogP) is 4.75. The Balaban J connectivity index is 0.00000683. The number of amides is 6. The van der Waals surface area contributed by atoms with E-state index in [1.54, 1.807) is 48.5 Å². The standard InChI is InChI=1S/C44H61N7O8.ClH/c1-50(2)23-11-21-45-39(52)35-27-17-19-31(33(25-27)58-43(56)47-29-13-7-5-8-14-29)37(35)41(54)49-42(55)38-32-20-18-28(36(38)40(53)46-22-12-24-51(3)4)26-34(32)59-44(57)48-30-15-9-6-10-16-30;/h5-10,13-16,27-28,31-38H,11-12,17-26H2,1-4H3,(H,45,52)(H,46,53)(H,47,56)(H,48,57)(H,49,54,55);1H. The summed E-state index contributed by atoms with van der Waals surface area (Å²) in [6.45, 7) is 2.39. The summed E-state index contributed by atoms with van der Waals surface area (Å²) in [6.07, 6.45) is 2.03. The number of halogens is 1. The highest BCUT2D eigenvalue weighted by Gasteiger charge is 2.58. The summed E-state index contributed by atoms with van der Waals surface area (Å²) in [4.78, 5) is 87.5. The second kappa shape index (κ2) is 21.7. The van der Waals surface area contributed by atoms with Crippen LogP contribution in [0.15, 0.2) is 60.7 Å². The maximum absolute atomic E-state index is 14.6. The number of para-hydroxylation sites is 2. The van der Waals surface area contributed by atoms with Gasteiger partial charge in [0, 0.05) is 36.3 Å². The van der Waals surface area contributed by atoms with Crippen LogP contribution in [-0.2, 0) is 28.7 Å². The average molecular weight is 852 g/mol. The van der Waals surface area contributed by atoms with E-state index in [9.17, 15) is 28.8 Å². The number of carbonyl (C=O) groups is 6. The number of anilines is 2. The lowest BCUT2D eigenvalue weighted by Crippen LogP contribution is -2.62. The number of imide groups is 1. The van der Waals surface area contributed by atoms with Gasteiger partial charge in [0.25, 0.3) is 0 Å². The molecule has 4 bridgehead atoms. The number of rotatable bonds is 16. The van der Waals surface area contributed by atoms with E-state index < -0.39 is 71.7 Å². The number of nitrogens with zero attached hydrogens (tertiary/aromatic N) is 2. The van der Waals surface area contributed by atoms with Crippen LogP contribution in [0.2, 0.25) is 0 Å².